The average Bonchev–Trinajstić information content (AvgIpc) is 2.40. The van der Waals surface area contributed by atoms with Crippen molar-refractivity contribution in [1.29, 1.82) is 0 Å². The normalized spacial score (nSPS) is 19.6. The number of ether oxygens (including phenoxy) is 1. The van der Waals surface area contributed by atoms with Crippen LogP contribution in [0.4, 0.5) is 5.95 Å². The Balaban J connectivity index is 2.01. The van der Waals surface area contributed by atoms with Crippen molar-refractivity contribution in [2.75, 3.05) is 32.1 Å². The maximum Gasteiger partial charge on any atom is 0.232 e. The summed E-state index contributed by atoms with van der Waals surface area (Å²) in [5.41, 5.74) is 0. The molecule has 5 nitrogen and oxygen atoms in total. The zero-order valence-corrected chi connectivity index (χ0v) is 12.4. The number of nitrogens with one attached hydrogen (secondary N) is 1. The summed E-state index contributed by atoms with van der Waals surface area (Å²) in [5.74, 6) is 1.27. The number of piperidine rings is 1. The summed E-state index contributed by atoms with van der Waals surface area (Å²) in [6, 6.07) is 0.530. The van der Waals surface area contributed by atoms with Gasteiger partial charge in [0.25, 0.3) is 0 Å². The summed E-state index contributed by atoms with van der Waals surface area (Å²) in [6.07, 6.45) is 5.53. The Morgan fingerprint density at radius 3 is 3.06 bits per heavy atom. The standard InChI is InChI=1S/C12H19BrN4O/c1-17(8-9-5-3-4-6-14-9)12-15-7-10(13)11(16-12)18-2/h7,9,14H,3-6,8H2,1-2H3. The number of methoxy groups -OCH3 is 1. The highest BCUT2D eigenvalue weighted by molar-refractivity contribution is 9.10. The number of likely N-dealkylation sites (N-methyl/N-ethyl adjacent to an activating group) is 1. The van der Waals surface area contributed by atoms with Gasteiger partial charge in [-0.25, -0.2) is 4.98 Å². The van der Waals surface area contributed by atoms with Crippen LogP contribution >= 0.6 is 15.9 Å². The summed E-state index contributed by atoms with van der Waals surface area (Å²) in [6.45, 7) is 2.04. The van der Waals surface area contributed by atoms with Crippen molar-refractivity contribution < 1.29 is 4.74 Å². The fourth-order valence-electron chi connectivity index (χ4n) is 2.16. The molecule has 1 saturated heterocycles. The molecule has 1 N–H and O–H groups in total. The molecule has 0 saturated carbocycles. The fraction of sp³-hybridized carbons (Fsp3) is 0.667. The van der Waals surface area contributed by atoms with Crippen LogP contribution in [0.25, 0.3) is 0 Å². The molecule has 0 spiro atoms. The van der Waals surface area contributed by atoms with Crippen LogP contribution in [0.15, 0.2) is 10.7 Å². The molecule has 1 aromatic heterocycles. The average molecular weight is 315 g/mol. The molecule has 0 bridgehead atoms. The predicted molar refractivity (Wildman–Crippen MR) is 75.2 cm³/mol. The van der Waals surface area contributed by atoms with Crippen LogP contribution in [0.3, 0.4) is 0 Å². The Morgan fingerprint density at radius 1 is 1.56 bits per heavy atom. The SMILES string of the molecule is COc1nc(N(C)CC2CCCCN2)ncc1Br. The van der Waals surface area contributed by atoms with Gasteiger partial charge in [0.1, 0.15) is 0 Å². The van der Waals surface area contributed by atoms with E-state index in [1.165, 1.54) is 19.3 Å². The number of anilines is 1. The van der Waals surface area contributed by atoms with Crippen LogP contribution in [-0.4, -0.2) is 43.3 Å². The molecule has 6 heteroatoms. The highest BCUT2D eigenvalue weighted by atomic mass is 79.9. The molecule has 100 valence electrons. The molecule has 0 aliphatic carbocycles. The molecule has 1 aromatic rings. The van der Waals surface area contributed by atoms with E-state index in [1.807, 2.05) is 7.05 Å². The zero-order valence-electron chi connectivity index (χ0n) is 10.8. The lowest BCUT2D eigenvalue weighted by molar-refractivity contribution is 0.390. The number of halogens is 1. The molecule has 1 atom stereocenters. The van der Waals surface area contributed by atoms with Gasteiger partial charge in [-0.2, -0.15) is 4.98 Å². The number of hydrogen-bond donors (Lipinski definition) is 1. The lowest BCUT2D eigenvalue weighted by Gasteiger charge is -2.28. The lowest BCUT2D eigenvalue weighted by Crippen LogP contribution is -2.42. The molecule has 1 aliphatic rings. The van der Waals surface area contributed by atoms with Crippen molar-refractivity contribution in [2.45, 2.75) is 25.3 Å². The number of aromatic nitrogens is 2. The van der Waals surface area contributed by atoms with Crippen molar-refractivity contribution in [3.8, 4) is 5.88 Å². The molecule has 0 aromatic carbocycles. The van der Waals surface area contributed by atoms with Crippen LogP contribution in [0.5, 0.6) is 5.88 Å². The van der Waals surface area contributed by atoms with E-state index < -0.39 is 0 Å². The van der Waals surface area contributed by atoms with Gasteiger partial charge in [0.15, 0.2) is 0 Å². The third-order valence-electron chi connectivity index (χ3n) is 3.14. The monoisotopic (exact) mass is 314 g/mol. The molecular formula is C12H19BrN4O. The van der Waals surface area contributed by atoms with Crippen molar-refractivity contribution in [2.24, 2.45) is 0 Å². The summed E-state index contributed by atoms with van der Waals surface area (Å²) in [5, 5.41) is 3.52. The molecule has 0 radical (unpaired) electrons. The first-order chi connectivity index (χ1) is 8.70. The summed E-state index contributed by atoms with van der Waals surface area (Å²) in [4.78, 5) is 10.8. The van der Waals surface area contributed by atoms with E-state index in [9.17, 15) is 0 Å². The number of rotatable bonds is 4. The van der Waals surface area contributed by atoms with E-state index in [0.717, 1.165) is 17.6 Å². The van der Waals surface area contributed by atoms with Gasteiger partial charge in [0, 0.05) is 19.6 Å². The molecule has 18 heavy (non-hydrogen) atoms. The van der Waals surface area contributed by atoms with Crippen LogP contribution in [-0.2, 0) is 0 Å². The third-order valence-corrected chi connectivity index (χ3v) is 3.68. The quantitative estimate of drug-likeness (QED) is 0.918. The maximum atomic E-state index is 5.19. The van der Waals surface area contributed by atoms with Gasteiger partial charge >= 0.3 is 0 Å². The van der Waals surface area contributed by atoms with E-state index in [1.54, 1.807) is 13.3 Å². The van der Waals surface area contributed by atoms with Crippen LogP contribution in [0, 0.1) is 0 Å². The van der Waals surface area contributed by atoms with Crippen LogP contribution in [0.1, 0.15) is 19.3 Å². The third kappa shape index (κ3) is 3.32. The Hall–Kier alpha value is -0.880. The first-order valence-electron chi connectivity index (χ1n) is 6.21. The molecule has 2 heterocycles. The summed E-state index contributed by atoms with van der Waals surface area (Å²) in [7, 11) is 3.62. The molecule has 2 rings (SSSR count). The number of nitrogens with zero attached hydrogens (tertiary/aromatic N) is 3. The Bertz CT molecular complexity index is 396. The van der Waals surface area contributed by atoms with Crippen LogP contribution in [0.2, 0.25) is 0 Å². The Morgan fingerprint density at radius 2 is 2.39 bits per heavy atom. The second-order valence-electron chi connectivity index (χ2n) is 4.55. The predicted octanol–water partition coefficient (Wildman–Crippen LogP) is 1.83. The Labute approximate surface area is 116 Å². The van der Waals surface area contributed by atoms with E-state index in [2.05, 4.69) is 36.1 Å². The number of hydrogen-bond acceptors (Lipinski definition) is 5. The van der Waals surface area contributed by atoms with Crippen LogP contribution < -0.4 is 15.0 Å². The highest BCUT2D eigenvalue weighted by Gasteiger charge is 2.16. The minimum Gasteiger partial charge on any atom is -0.480 e. The molecule has 1 aliphatic heterocycles. The first kappa shape index (κ1) is 13.5. The van der Waals surface area contributed by atoms with Gasteiger partial charge < -0.3 is 15.0 Å². The van der Waals surface area contributed by atoms with E-state index in [0.29, 0.717) is 17.9 Å². The Kier molecular flexibility index (Phi) is 4.77. The van der Waals surface area contributed by atoms with Gasteiger partial charge in [-0.15, -0.1) is 0 Å². The molecule has 1 fully saturated rings. The van der Waals surface area contributed by atoms with E-state index in [4.69, 9.17) is 4.74 Å². The molecule has 1 unspecified atom stereocenters. The minimum atomic E-state index is 0.530. The first-order valence-corrected chi connectivity index (χ1v) is 7.01. The van der Waals surface area contributed by atoms with Crippen molar-refractivity contribution in [1.82, 2.24) is 15.3 Å². The van der Waals surface area contributed by atoms with Crippen molar-refractivity contribution in [3.05, 3.63) is 10.7 Å². The fourth-order valence-corrected chi connectivity index (χ4v) is 2.51. The zero-order chi connectivity index (χ0) is 13.0. The lowest BCUT2D eigenvalue weighted by atomic mass is 10.0. The smallest absolute Gasteiger partial charge is 0.232 e. The van der Waals surface area contributed by atoms with Gasteiger partial charge in [-0.1, -0.05) is 6.42 Å². The maximum absolute atomic E-state index is 5.19. The second-order valence-corrected chi connectivity index (χ2v) is 5.41. The van der Waals surface area contributed by atoms with Crippen molar-refractivity contribution >= 4 is 21.9 Å². The molecular weight excluding hydrogens is 296 g/mol. The van der Waals surface area contributed by atoms with Gasteiger partial charge in [0.2, 0.25) is 11.8 Å². The van der Waals surface area contributed by atoms with Gasteiger partial charge in [-0.05, 0) is 35.3 Å². The summed E-state index contributed by atoms with van der Waals surface area (Å²) < 4.78 is 5.96. The van der Waals surface area contributed by atoms with Gasteiger partial charge in [0.05, 0.1) is 17.8 Å². The second kappa shape index (κ2) is 6.33. The van der Waals surface area contributed by atoms with Crippen molar-refractivity contribution in [3.63, 3.8) is 0 Å². The topological polar surface area (TPSA) is 50.3 Å². The minimum absolute atomic E-state index is 0.530. The van der Waals surface area contributed by atoms with E-state index >= 15 is 0 Å². The van der Waals surface area contributed by atoms with Gasteiger partial charge in [-0.3, -0.25) is 0 Å². The van der Waals surface area contributed by atoms with E-state index in [-0.39, 0.29) is 0 Å². The molecule has 0 amide bonds. The highest BCUT2D eigenvalue weighted by Crippen LogP contribution is 2.23. The largest absolute Gasteiger partial charge is 0.480 e. The summed E-state index contributed by atoms with van der Waals surface area (Å²) >= 11 is 3.36.